The molecule has 0 spiro atoms. The number of methoxy groups -OCH3 is 1. The van der Waals surface area contributed by atoms with Gasteiger partial charge in [0.25, 0.3) is 5.56 Å². The fraction of sp³-hybridized carbons (Fsp3) is 0.216. The second-order valence-electron chi connectivity index (χ2n) is 10.6. The number of carbonyl (C=O) groups excluding carboxylic acids is 1. The summed E-state index contributed by atoms with van der Waals surface area (Å²) in [5.41, 5.74) is 3.02. The van der Waals surface area contributed by atoms with Crippen molar-refractivity contribution < 1.29 is 23.7 Å². The van der Waals surface area contributed by atoms with Gasteiger partial charge in [0, 0.05) is 5.56 Å². The maximum absolute atomic E-state index is 14.3. The van der Waals surface area contributed by atoms with Crippen molar-refractivity contribution in [3.8, 4) is 17.2 Å². The van der Waals surface area contributed by atoms with Crippen LogP contribution in [0, 0.1) is 0 Å². The molecule has 0 radical (unpaired) electrons. The molecule has 0 fully saturated rings. The number of benzene rings is 4. The SMILES string of the molecule is CCOC(=O)C1=C(C)N=c2s/c(=C/c3ccc(OCc4ccccc4)c(OCC)c3)c(=O)n2[C@@H]1c1c(OC)ccc2ccccc12. The topological polar surface area (TPSA) is 88.4 Å². The van der Waals surface area contributed by atoms with E-state index in [9.17, 15) is 9.59 Å². The number of fused-ring (bicyclic) bond motifs is 2. The van der Waals surface area contributed by atoms with Gasteiger partial charge >= 0.3 is 5.97 Å². The van der Waals surface area contributed by atoms with Crippen LogP contribution in [0.3, 0.4) is 0 Å². The van der Waals surface area contributed by atoms with E-state index in [0.717, 1.165) is 21.9 Å². The Hall–Kier alpha value is -5.15. The number of rotatable bonds is 10. The predicted molar refractivity (Wildman–Crippen MR) is 179 cm³/mol. The number of thiazole rings is 1. The highest BCUT2D eigenvalue weighted by atomic mass is 32.1. The van der Waals surface area contributed by atoms with E-state index in [0.29, 0.717) is 56.6 Å². The van der Waals surface area contributed by atoms with Gasteiger partial charge in [0.2, 0.25) is 0 Å². The second kappa shape index (κ2) is 13.5. The van der Waals surface area contributed by atoms with Crippen molar-refractivity contribution >= 4 is 34.2 Å². The van der Waals surface area contributed by atoms with Gasteiger partial charge in [-0.2, -0.15) is 0 Å². The van der Waals surface area contributed by atoms with Crippen molar-refractivity contribution in [2.45, 2.75) is 33.4 Å². The summed E-state index contributed by atoms with van der Waals surface area (Å²) in [6, 6.07) is 26.4. The van der Waals surface area contributed by atoms with Crippen LogP contribution in [-0.4, -0.2) is 30.9 Å². The van der Waals surface area contributed by atoms with Gasteiger partial charge in [0.1, 0.15) is 18.4 Å². The summed E-state index contributed by atoms with van der Waals surface area (Å²) in [5.74, 6) is 1.23. The molecule has 0 aliphatic carbocycles. The van der Waals surface area contributed by atoms with E-state index in [1.165, 1.54) is 11.3 Å². The Bertz CT molecular complexity index is 2130. The van der Waals surface area contributed by atoms with Gasteiger partial charge in [-0.15, -0.1) is 0 Å². The summed E-state index contributed by atoms with van der Waals surface area (Å²) in [4.78, 5) is 33.0. The maximum Gasteiger partial charge on any atom is 0.338 e. The van der Waals surface area contributed by atoms with Crippen molar-refractivity contribution in [3.63, 3.8) is 0 Å². The van der Waals surface area contributed by atoms with Gasteiger partial charge in [0.15, 0.2) is 16.3 Å². The zero-order valence-corrected chi connectivity index (χ0v) is 26.9. The fourth-order valence-electron chi connectivity index (χ4n) is 5.69. The van der Waals surface area contributed by atoms with Crippen LogP contribution in [0.1, 0.15) is 43.5 Å². The molecule has 6 rings (SSSR count). The molecule has 0 saturated carbocycles. The molecular formula is C37H34N2O6S. The van der Waals surface area contributed by atoms with E-state index in [-0.39, 0.29) is 12.2 Å². The molecule has 0 unspecified atom stereocenters. The van der Waals surface area contributed by atoms with E-state index in [2.05, 4.69) is 0 Å². The van der Waals surface area contributed by atoms with Crippen LogP contribution in [0.2, 0.25) is 0 Å². The quantitative estimate of drug-likeness (QED) is 0.177. The molecule has 1 atom stereocenters. The third kappa shape index (κ3) is 5.93. The van der Waals surface area contributed by atoms with Gasteiger partial charge < -0.3 is 18.9 Å². The molecule has 0 N–H and O–H groups in total. The highest BCUT2D eigenvalue weighted by Crippen LogP contribution is 2.40. The van der Waals surface area contributed by atoms with Gasteiger partial charge in [-0.25, -0.2) is 9.79 Å². The average molecular weight is 635 g/mol. The molecule has 9 heteroatoms. The van der Waals surface area contributed by atoms with Crippen molar-refractivity contribution in [3.05, 3.63) is 133 Å². The molecule has 0 bridgehead atoms. The van der Waals surface area contributed by atoms with E-state index in [1.807, 2.05) is 97.9 Å². The first-order valence-electron chi connectivity index (χ1n) is 15.1. The Balaban J connectivity index is 1.49. The maximum atomic E-state index is 14.3. The smallest absolute Gasteiger partial charge is 0.338 e. The predicted octanol–water partition coefficient (Wildman–Crippen LogP) is 5.94. The molecule has 2 heterocycles. The van der Waals surface area contributed by atoms with Crippen LogP contribution in [0.4, 0.5) is 0 Å². The largest absolute Gasteiger partial charge is 0.496 e. The lowest BCUT2D eigenvalue weighted by Crippen LogP contribution is -2.40. The molecule has 1 aliphatic rings. The highest BCUT2D eigenvalue weighted by Gasteiger charge is 2.36. The standard InChI is InChI=1S/C37H34N2O6S/c1-5-43-30-20-25(16-18-28(30)45-22-24-12-8-7-9-13-24)21-31-35(40)39-34(32(36(41)44-6-2)23(3)38-37(39)46-31)33-27-15-11-10-14-26(27)17-19-29(33)42-4/h7-21,34H,5-6,22H2,1-4H3/b31-21+/t34-/m0/s1. The van der Waals surface area contributed by atoms with E-state index in [1.54, 1.807) is 25.5 Å². The zero-order chi connectivity index (χ0) is 32.2. The van der Waals surface area contributed by atoms with Crippen LogP contribution in [0.15, 0.2) is 106 Å². The van der Waals surface area contributed by atoms with Crippen LogP contribution in [0.25, 0.3) is 16.8 Å². The molecular weight excluding hydrogens is 600 g/mol. The minimum Gasteiger partial charge on any atom is -0.496 e. The Kier molecular flexibility index (Phi) is 9.03. The number of ether oxygens (including phenoxy) is 4. The minimum absolute atomic E-state index is 0.187. The van der Waals surface area contributed by atoms with Crippen molar-refractivity contribution in [1.82, 2.24) is 4.57 Å². The Morgan fingerprint density at radius 2 is 1.67 bits per heavy atom. The molecule has 8 nitrogen and oxygen atoms in total. The first kappa shape index (κ1) is 30.9. The number of hydrogen-bond donors (Lipinski definition) is 0. The molecule has 1 aromatic heterocycles. The highest BCUT2D eigenvalue weighted by molar-refractivity contribution is 7.07. The van der Waals surface area contributed by atoms with Crippen molar-refractivity contribution in [2.24, 2.45) is 4.99 Å². The lowest BCUT2D eigenvalue weighted by atomic mass is 9.90. The first-order valence-corrected chi connectivity index (χ1v) is 15.9. The summed E-state index contributed by atoms with van der Waals surface area (Å²) in [5, 5.41) is 1.82. The van der Waals surface area contributed by atoms with Crippen molar-refractivity contribution in [2.75, 3.05) is 20.3 Å². The molecule has 46 heavy (non-hydrogen) atoms. The lowest BCUT2D eigenvalue weighted by Gasteiger charge is -2.27. The molecule has 1 aliphatic heterocycles. The third-order valence-corrected chi connectivity index (χ3v) is 8.73. The normalized spacial score (nSPS) is 14.5. The van der Waals surface area contributed by atoms with Crippen LogP contribution >= 0.6 is 11.3 Å². The summed E-state index contributed by atoms with van der Waals surface area (Å²) in [7, 11) is 1.58. The fourth-order valence-corrected chi connectivity index (χ4v) is 6.74. The molecule has 0 saturated heterocycles. The number of esters is 1. The molecule has 234 valence electrons. The number of aromatic nitrogens is 1. The summed E-state index contributed by atoms with van der Waals surface area (Å²) in [6.07, 6.45) is 1.81. The van der Waals surface area contributed by atoms with Crippen molar-refractivity contribution in [1.29, 1.82) is 0 Å². The summed E-state index contributed by atoms with van der Waals surface area (Å²) >= 11 is 1.26. The Morgan fingerprint density at radius 3 is 2.43 bits per heavy atom. The number of hydrogen-bond acceptors (Lipinski definition) is 8. The lowest BCUT2D eigenvalue weighted by molar-refractivity contribution is -0.139. The summed E-state index contributed by atoms with van der Waals surface area (Å²) < 4.78 is 25.4. The Morgan fingerprint density at radius 1 is 0.913 bits per heavy atom. The van der Waals surface area contributed by atoms with E-state index < -0.39 is 12.0 Å². The van der Waals surface area contributed by atoms with E-state index in [4.69, 9.17) is 23.9 Å². The monoisotopic (exact) mass is 634 g/mol. The van der Waals surface area contributed by atoms with Gasteiger partial charge in [-0.05, 0) is 66.9 Å². The van der Waals surface area contributed by atoms with Gasteiger partial charge in [0.05, 0.1) is 36.1 Å². The van der Waals surface area contributed by atoms with Gasteiger partial charge in [-0.1, -0.05) is 78.1 Å². The van der Waals surface area contributed by atoms with Crippen LogP contribution in [-0.2, 0) is 16.1 Å². The third-order valence-electron chi connectivity index (χ3n) is 7.74. The first-order chi connectivity index (χ1) is 22.4. The average Bonchev–Trinajstić information content (AvgIpc) is 3.37. The second-order valence-corrected chi connectivity index (χ2v) is 11.6. The van der Waals surface area contributed by atoms with Crippen LogP contribution < -0.4 is 29.1 Å². The molecule has 5 aromatic rings. The number of nitrogens with zero attached hydrogens (tertiary/aromatic N) is 2. The summed E-state index contributed by atoms with van der Waals surface area (Å²) in [6.45, 7) is 6.49. The Labute approximate surface area is 270 Å². The molecule has 0 amide bonds. The van der Waals surface area contributed by atoms with Gasteiger partial charge in [-0.3, -0.25) is 9.36 Å². The molecule has 4 aromatic carbocycles. The van der Waals surface area contributed by atoms with E-state index >= 15 is 0 Å². The number of carbonyl (C=O) groups is 1. The zero-order valence-electron chi connectivity index (χ0n) is 26.1. The van der Waals surface area contributed by atoms with Crippen LogP contribution in [0.5, 0.6) is 17.2 Å². The minimum atomic E-state index is -0.814. The number of allylic oxidation sites excluding steroid dienone is 1.